The molecule has 0 radical (unpaired) electrons. The molecule has 2 nitrogen and oxygen atoms in total. The molecule has 2 N–H and O–H groups in total. The average molecular weight is 238 g/mol. The van der Waals surface area contributed by atoms with Gasteiger partial charge >= 0.3 is 0 Å². The lowest BCUT2D eigenvalue weighted by molar-refractivity contribution is 0.283. The highest BCUT2D eigenvalue weighted by Gasteiger charge is 2.05. The first kappa shape index (κ1) is 11.2. The summed E-state index contributed by atoms with van der Waals surface area (Å²) in [6, 6.07) is 16.0. The van der Waals surface area contributed by atoms with Crippen LogP contribution in [0.25, 0.3) is 21.5 Å². The Morgan fingerprint density at radius 2 is 1.17 bits per heavy atom. The van der Waals surface area contributed by atoms with E-state index in [0.717, 1.165) is 32.7 Å². The van der Waals surface area contributed by atoms with Crippen molar-refractivity contribution >= 4 is 21.5 Å². The van der Waals surface area contributed by atoms with E-state index in [0.29, 0.717) is 0 Å². The van der Waals surface area contributed by atoms with Crippen molar-refractivity contribution in [1.29, 1.82) is 0 Å². The number of hydrogen-bond donors (Lipinski definition) is 2. The first-order chi connectivity index (χ1) is 8.83. The minimum absolute atomic E-state index is 0.0319. The smallest absolute Gasteiger partial charge is 0.0687 e. The van der Waals surface area contributed by atoms with E-state index in [1.54, 1.807) is 0 Å². The molecule has 0 aromatic heterocycles. The van der Waals surface area contributed by atoms with Gasteiger partial charge in [0.1, 0.15) is 0 Å². The van der Waals surface area contributed by atoms with Crippen LogP contribution >= 0.6 is 0 Å². The normalized spacial score (nSPS) is 11.2. The minimum atomic E-state index is 0.0319. The average Bonchev–Trinajstić information content (AvgIpc) is 2.43. The molecule has 2 heteroatoms. The molecule has 0 aliphatic heterocycles. The maximum Gasteiger partial charge on any atom is 0.0687 e. The van der Waals surface area contributed by atoms with E-state index >= 15 is 0 Å². The van der Waals surface area contributed by atoms with Gasteiger partial charge in [-0.05, 0) is 44.8 Å². The highest BCUT2D eigenvalue weighted by atomic mass is 16.3. The molecule has 0 saturated heterocycles. The number of rotatable bonds is 2. The summed E-state index contributed by atoms with van der Waals surface area (Å²) in [6.45, 7) is 0.0638. The van der Waals surface area contributed by atoms with Gasteiger partial charge in [0, 0.05) is 0 Å². The third kappa shape index (κ3) is 1.67. The Morgan fingerprint density at radius 1 is 0.667 bits per heavy atom. The minimum Gasteiger partial charge on any atom is -0.392 e. The van der Waals surface area contributed by atoms with Crippen molar-refractivity contribution in [1.82, 2.24) is 0 Å². The quantitative estimate of drug-likeness (QED) is 0.674. The van der Waals surface area contributed by atoms with Crippen molar-refractivity contribution in [3.63, 3.8) is 0 Å². The Labute approximate surface area is 105 Å². The van der Waals surface area contributed by atoms with Crippen LogP contribution in [0.5, 0.6) is 0 Å². The third-order valence-electron chi connectivity index (χ3n) is 3.40. The second kappa shape index (κ2) is 4.41. The summed E-state index contributed by atoms with van der Waals surface area (Å²) in [6.07, 6.45) is 0. The van der Waals surface area contributed by atoms with Gasteiger partial charge in [0.2, 0.25) is 0 Å². The third-order valence-corrected chi connectivity index (χ3v) is 3.40. The molecule has 0 atom stereocenters. The molecule has 0 aliphatic carbocycles. The lowest BCUT2D eigenvalue weighted by Crippen LogP contribution is -1.89. The van der Waals surface area contributed by atoms with Gasteiger partial charge in [-0.1, -0.05) is 36.4 Å². The number of aliphatic hydroxyl groups excluding tert-OH is 2. The van der Waals surface area contributed by atoms with Gasteiger partial charge in [-0.2, -0.15) is 0 Å². The van der Waals surface area contributed by atoms with E-state index in [4.69, 9.17) is 0 Å². The fraction of sp³-hybridized carbons (Fsp3) is 0.125. The summed E-state index contributed by atoms with van der Waals surface area (Å²) in [7, 11) is 0. The molecule has 0 unspecified atom stereocenters. The first-order valence-electron chi connectivity index (χ1n) is 5.98. The van der Waals surface area contributed by atoms with E-state index < -0.39 is 0 Å². The lowest BCUT2D eigenvalue weighted by atomic mass is 9.97. The number of aliphatic hydroxyl groups is 2. The second-order valence-electron chi connectivity index (χ2n) is 4.44. The van der Waals surface area contributed by atoms with Gasteiger partial charge in [0.05, 0.1) is 13.2 Å². The van der Waals surface area contributed by atoms with Crippen molar-refractivity contribution in [2.45, 2.75) is 13.2 Å². The van der Waals surface area contributed by atoms with Crippen LogP contribution in [0.2, 0.25) is 0 Å². The SMILES string of the molecule is OCc1cccc2cc3cccc(CO)c3cc12. The predicted molar refractivity (Wildman–Crippen MR) is 73.3 cm³/mol. The highest BCUT2D eigenvalue weighted by molar-refractivity contribution is 6.00. The Bertz CT molecular complexity index is 658. The van der Waals surface area contributed by atoms with E-state index in [1.807, 2.05) is 36.4 Å². The van der Waals surface area contributed by atoms with Gasteiger partial charge < -0.3 is 10.2 Å². The Balaban J connectivity index is 2.44. The van der Waals surface area contributed by atoms with Gasteiger partial charge in [0.25, 0.3) is 0 Å². The first-order valence-corrected chi connectivity index (χ1v) is 5.98. The van der Waals surface area contributed by atoms with Crippen molar-refractivity contribution in [3.05, 3.63) is 59.7 Å². The van der Waals surface area contributed by atoms with E-state index in [1.165, 1.54) is 0 Å². The van der Waals surface area contributed by atoms with E-state index in [-0.39, 0.29) is 13.2 Å². The zero-order chi connectivity index (χ0) is 12.5. The van der Waals surface area contributed by atoms with Gasteiger partial charge in [-0.3, -0.25) is 0 Å². The molecule has 0 amide bonds. The number of hydrogen-bond acceptors (Lipinski definition) is 2. The lowest BCUT2D eigenvalue weighted by Gasteiger charge is -2.08. The maximum atomic E-state index is 9.38. The summed E-state index contributed by atoms with van der Waals surface area (Å²) in [5.41, 5.74) is 1.84. The van der Waals surface area contributed by atoms with Crippen LogP contribution in [0.3, 0.4) is 0 Å². The van der Waals surface area contributed by atoms with Gasteiger partial charge in [-0.25, -0.2) is 0 Å². The molecule has 0 bridgehead atoms. The van der Waals surface area contributed by atoms with Crippen LogP contribution in [0, 0.1) is 0 Å². The Morgan fingerprint density at radius 3 is 1.61 bits per heavy atom. The van der Waals surface area contributed by atoms with Crippen LogP contribution < -0.4 is 0 Å². The fourth-order valence-corrected chi connectivity index (χ4v) is 2.46. The van der Waals surface area contributed by atoms with Crippen LogP contribution in [0.1, 0.15) is 11.1 Å². The number of benzene rings is 3. The van der Waals surface area contributed by atoms with Crippen LogP contribution in [0.15, 0.2) is 48.5 Å². The van der Waals surface area contributed by atoms with E-state index in [9.17, 15) is 10.2 Å². The molecule has 90 valence electrons. The maximum absolute atomic E-state index is 9.38. The van der Waals surface area contributed by atoms with Gasteiger partial charge in [0.15, 0.2) is 0 Å². The molecule has 18 heavy (non-hydrogen) atoms. The Kier molecular flexibility index (Phi) is 2.74. The van der Waals surface area contributed by atoms with Crippen molar-refractivity contribution in [2.75, 3.05) is 0 Å². The van der Waals surface area contributed by atoms with Crippen LogP contribution in [-0.4, -0.2) is 10.2 Å². The molecule has 3 aromatic carbocycles. The molecule has 0 heterocycles. The molecular weight excluding hydrogens is 224 g/mol. The topological polar surface area (TPSA) is 40.5 Å². The largest absolute Gasteiger partial charge is 0.392 e. The standard InChI is InChI=1S/C16H14O2/c17-9-13-5-1-3-11-7-12-4-2-6-14(10-18)16(12)8-15(11)13/h1-8,17-18H,9-10H2. The van der Waals surface area contributed by atoms with E-state index in [2.05, 4.69) is 12.1 Å². The molecule has 3 rings (SSSR count). The summed E-state index contributed by atoms with van der Waals surface area (Å²) in [4.78, 5) is 0. The van der Waals surface area contributed by atoms with Gasteiger partial charge in [-0.15, -0.1) is 0 Å². The van der Waals surface area contributed by atoms with Crippen molar-refractivity contribution < 1.29 is 10.2 Å². The second-order valence-corrected chi connectivity index (χ2v) is 4.44. The molecule has 0 saturated carbocycles. The monoisotopic (exact) mass is 238 g/mol. The molecule has 0 aliphatic rings. The zero-order valence-electron chi connectivity index (χ0n) is 9.93. The number of fused-ring (bicyclic) bond motifs is 2. The predicted octanol–water partition coefficient (Wildman–Crippen LogP) is 2.98. The molecule has 0 fully saturated rings. The summed E-state index contributed by atoms with van der Waals surface area (Å²) < 4.78 is 0. The summed E-state index contributed by atoms with van der Waals surface area (Å²) in [5, 5.41) is 23.1. The zero-order valence-corrected chi connectivity index (χ0v) is 9.93. The van der Waals surface area contributed by atoms with Crippen molar-refractivity contribution in [2.24, 2.45) is 0 Å². The summed E-state index contributed by atoms with van der Waals surface area (Å²) >= 11 is 0. The molecule has 3 aromatic rings. The molecule has 0 spiro atoms. The molecular formula is C16H14O2. The van der Waals surface area contributed by atoms with Crippen LogP contribution in [0.4, 0.5) is 0 Å². The van der Waals surface area contributed by atoms with Crippen molar-refractivity contribution in [3.8, 4) is 0 Å². The van der Waals surface area contributed by atoms with Crippen LogP contribution in [-0.2, 0) is 13.2 Å². The summed E-state index contributed by atoms with van der Waals surface area (Å²) in [5.74, 6) is 0. The fourth-order valence-electron chi connectivity index (χ4n) is 2.46. The highest BCUT2D eigenvalue weighted by Crippen LogP contribution is 2.27. The Hall–Kier alpha value is -1.90.